The van der Waals surface area contributed by atoms with E-state index in [1.807, 2.05) is 0 Å². The molecule has 100 valence electrons. The predicted molar refractivity (Wildman–Crippen MR) is 62.9 cm³/mol. The van der Waals surface area contributed by atoms with E-state index in [2.05, 4.69) is 0 Å². The molecule has 0 aromatic heterocycles. The van der Waals surface area contributed by atoms with Crippen LogP contribution in [-0.2, 0) is 0 Å². The topological polar surface area (TPSA) is 44.5 Å². The van der Waals surface area contributed by atoms with E-state index >= 15 is 0 Å². The fraction of sp³-hybridized carbons (Fsp3) is 0.455. The number of halogens is 3. The summed E-state index contributed by atoms with van der Waals surface area (Å²) in [7, 11) is 0. The molecule has 2 rings (SSSR count). The van der Waals surface area contributed by atoms with Gasteiger partial charge in [-0.1, -0.05) is 0 Å². The summed E-state index contributed by atoms with van der Waals surface area (Å²) in [5, 5.41) is 0. The zero-order valence-electron chi connectivity index (χ0n) is 9.37. The third-order valence-corrected chi connectivity index (χ3v) is 3.12. The van der Waals surface area contributed by atoms with Crippen molar-refractivity contribution in [3.63, 3.8) is 0 Å². The monoisotopic (exact) mass is 279 g/mol. The molecule has 0 bridgehead atoms. The predicted octanol–water partition coefficient (Wildman–Crippen LogP) is 2.71. The first-order valence-corrected chi connectivity index (χ1v) is 6.30. The van der Waals surface area contributed by atoms with Crippen molar-refractivity contribution >= 4 is 11.8 Å². The molecule has 1 atom stereocenters. The van der Waals surface area contributed by atoms with Gasteiger partial charge in [-0.2, -0.15) is 13.2 Å². The van der Waals surface area contributed by atoms with E-state index in [1.54, 1.807) is 18.2 Å². The van der Waals surface area contributed by atoms with Crippen LogP contribution in [0.25, 0.3) is 0 Å². The van der Waals surface area contributed by atoms with Gasteiger partial charge >= 0.3 is 5.51 Å². The summed E-state index contributed by atoms with van der Waals surface area (Å²) < 4.78 is 46.2. The minimum atomic E-state index is -4.21. The molecule has 1 aliphatic rings. The lowest BCUT2D eigenvalue weighted by atomic mass is 10.1. The zero-order chi connectivity index (χ0) is 13.2. The second kappa shape index (κ2) is 5.27. The minimum Gasteiger partial charge on any atom is -0.493 e. The summed E-state index contributed by atoms with van der Waals surface area (Å²) in [6.45, 7) is 0.414. The third kappa shape index (κ3) is 3.46. The van der Waals surface area contributed by atoms with Crippen LogP contribution in [-0.4, -0.2) is 24.5 Å². The van der Waals surface area contributed by atoms with Crippen LogP contribution >= 0.6 is 11.8 Å². The molecular weight excluding hydrogens is 267 g/mol. The van der Waals surface area contributed by atoms with E-state index in [-0.39, 0.29) is 30.2 Å². The molecule has 1 unspecified atom stereocenters. The molecule has 7 heteroatoms. The van der Waals surface area contributed by atoms with Gasteiger partial charge in [-0.3, -0.25) is 0 Å². The SMILES string of the molecule is NC1COc2cc(OCCSC(F)(F)F)ccc21. The Kier molecular flexibility index (Phi) is 3.91. The summed E-state index contributed by atoms with van der Waals surface area (Å²) in [6.07, 6.45) is 0. The fourth-order valence-corrected chi connectivity index (χ4v) is 2.02. The first-order valence-electron chi connectivity index (χ1n) is 5.31. The van der Waals surface area contributed by atoms with Crippen LogP contribution in [0.2, 0.25) is 0 Å². The third-order valence-electron chi connectivity index (χ3n) is 2.42. The van der Waals surface area contributed by atoms with E-state index in [9.17, 15) is 13.2 Å². The summed E-state index contributed by atoms with van der Waals surface area (Å²) in [5.41, 5.74) is 2.46. The smallest absolute Gasteiger partial charge is 0.441 e. The normalized spacial score (nSPS) is 18.3. The second-order valence-corrected chi connectivity index (χ2v) is 4.92. The quantitative estimate of drug-likeness (QED) is 0.861. The number of alkyl halides is 3. The average Bonchev–Trinajstić information content (AvgIpc) is 2.65. The van der Waals surface area contributed by atoms with E-state index in [4.69, 9.17) is 15.2 Å². The van der Waals surface area contributed by atoms with Crippen LogP contribution in [0, 0.1) is 0 Å². The van der Waals surface area contributed by atoms with Crippen molar-refractivity contribution in [2.45, 2.75) is 11.6 Å². The Hall–Kier alpha value is -1.08. The molecule has 0 saturated heterocycles. The van der Waals surface area contributed by atoms with E-state index < -0.39 is 5.51 Å². The second-order valence-electron chi connectivity index (χ2n) is 3.76. The van der Waals surface area contributed by atoms with Gasteiger partial charge in [0.05, 0.1) is 12.6 Å². The molecule has 0 aliphatic carbocycles. The molecule has 2 N–H and O–H groups in total. The number of rotatable bonds is 4. The van der Waals surface area contributed by atoms with Crippen LogP contribution in [0.15, 0.2) is 18.2 Å². The lowest BCUT2D eigenvalue weighted by Gasteiger charge is -2.09. The molecule has 0 fully saturated rings. The number of fused-ring (bicyclic) bond motifs is 1. The summed E-state index contributed by atoms with van der Waals surface area (Å²) in [4.78, 5) is 0. The molecule has 0 amide bonds. The van der Waals surface area contributed by atoms with E-state index in [0.717, 1.165) is 5.56 Å². The number of hydrogen-bond donors (Lipinski definition) is 1. The molecule has 1 aliphatic heterocycles. The Morgan fingerprint density at radius 1 is 1.44 bits per heavy atom. The zero-order valence-corrected chi connectivity index (χ0v) is 10.2. The van der Waals surface area contributed by atoms with E-state index in [1.165, 1.54) is 0 Å². The largest absolute Gasteiger partial charge is 0.493 e. The Balaban J connectivity index is 1.84. The van der Waals surface area contributed by atoms with Gasteiger partial charge in [-0.15, -0.1) is 0 Å². The molecule has 1 aromatic rings. The average molecular weight is 279 g/mol. The van der Waals surface area contributed by atoms with Crippen LogP contribution < -0.4 is 15.2 Å². The molecule has 18 heavy (non-hydrogen) atoms. The highest BCUT2D eigenvalue weighted by Crippen LogP contribution is 2.34. The highest BCUT2D eigenvalue weighted by Gasteiger charge is 2.27. The Labute approximate surface area is 106 Å². The number of hydrogen-bond acceptors (Lipinski definition) is 4. The maximum Gasteiger partial charge on any atom is 0.441 e. The summed E-state index contributed by atoms with van der Waals surface area (Å²) in [5.74, 6) is 0.995. The van der Waals surface area contributed by atoms with Crippen molar-refractivity contribution in [3.8, 4) is 11.5 Å². The molecule has 1 aromatic carbocycles. The molecule has 0 spiro atoms. The van der Waals surface area contributed by atoms with Gasteiger partial charge in [0, 0.05) is 17.4 Å². The van der Waals surface area contributed by atoms with Crippen molar-refractivity contribution in [2.24, 2.45) is 5.73 Å². The van der Waals surface area contributed by atoms with Crippen molar-refractivity contribution in [1.29, 1.82) is 0 Å². The van der Waals surface area contributed by atoms with Crippen LogP contribution in [0.1, 0.15) is 11.6 Å². The maximum atomic E-state index is 11.9. The van der Waals surface area contributed by atoms with Crippen LogP contribution in [0.3, 0.4) is 0 Å². The van der Waals surface area contributed by atoms with Gasteiger partial charge in [0.25, 0.3) is 0 Å². The lowest BCUT2D eigenvalue weighted by Crippen LogP contribution is -2.10. The number of thioether (sulfide) groups is 1. The van der Waals surface area contributed by atoms with Gasteiger partial charge in [0.1, 0.15) is 18.1 Å². The Morgan fingerprint density at radius 2 is 2.22 bits per heavy atom. The van der Waals surface area contributed by atoms with Gasteiger partial charge in [-0.05, 0) is 23.9 Å². The van der Waals surface area contributed by atoms with Gasteiger partial charge in [-0.25, -0.2) is 0 Å². The van der Waals surface area contributed by atoms with Gasteiger partial charge in [0.15, 0.2) is 0 Å². The lowest BCUT2D eigenvalue weighted by molar-refractivity contribution is -0.0329. The highest BCUT2D eigenvalue weighted by atomic mass is 32.2. The van der Waals surface area contributed by atoms with E-state index in [0.29, 0.717) is 18.1 Å². The Morgan fingerprint density at radius 3 is 2.94 bits per heavy atom. The Bertz CT molecular complexity index is 425. The molecular formula is C11H12F3NO2S. The minimum absolute atomic E-state index is 0.00494. The molecule has 0 saturated carbocycles. The molecule has 1 heterocycles. The fourth-order valence-electron chi connectivity index (χ4n) is 1.62. The van der Waals surface area contributed by atoms with Crippen LogP contribution in [0.4, 0.5) is 13.2 Å². The number of ether oxygens (including phenoxy) is 2. The van der Waals surface area contributed by atoms with Crippen molar-refractivity contribution in [1.82, 2.24) is 0 Å². The van der Waals surface area contributed by atoms with Crippen molar-refractivity contribution < 1.29 is 22.6 Å². The molecule has 3 nitrogen and oxygen atoms in total. The highest BCUT2D eigenvalue weighted by molar-refractivity contribution is 8.00. The summed E-state index contributed by atoms with van der Waals surface area (Å²) >= 11 is -0.0976. The van der Waals surface area contributed by atoms with Gasteiger partial charge in [0.2, 0.25) is 0 Å². The van der Waals surface area contributed by atoms with Crippen molar-refractivity contribution in [2.75, 3.05) is 19.0 Å². The van der Waals surface area contributed by atoms with Gasteiger partial charge < -0.3 is 15.2 Å². The maximum absolute atomic E-state index is 11.9. The van der Waals surface area contributed by atoms with Crippen molar-refractivity contribution in [3.05, 3.63) is 23.8 Å². The summed E-state index contributed by atoms with van der Waals surface area (Å²) in [6, 6.07) is 4.97. The standard InChI is InChI=1S/C11H12F3NO2S/c12-11(13,14)18-4-3-16-7-1-2-8-9(15)6-17-10(8)5-7/h1-2,5,9H,3-4,6,15H2. The number of nitrogens with two attached hydrogens (primary N) is 1. The number of benzene rings is 1. The first kappa shape index (κ1) is 13.4. The first-order chi connectivity index (χ1) is 8.46. The molecule has 0 radical (unpaired) electrons. The van der Waals surface area contributed by atoms with Crippen LogP contribution in [0.5, 0.6) is 11.5 Å².